The van der Waals surface area contributed by atoms with Gasteiger partial charge < -0.3 is 4.74 Å². The molecule has 0 fully saturated rings. The number of hydrogen-bond acceptors (Lipinski definition) is 5. The molecule has 6 heteroatoms. The Morgan fingerprint density at radius 3 is 2.67 bits per heavy atom. The van der Waals surface area contributed by atoms with E-state index in [0.717, 1.165) is 0 Å². The fraction of sp³-hybridized carbons (Fsp3) is 0.333. The van der Waals surface area contributed by atoms with Crippen molar-refractivity contribution in [1.29, 1.82) is 5.26 Å². The predicted octanol–water partition coefficient (Wildman–Crippen LogP) is 1.74. The molecule has 1 aromatic rings. The first-order valence-corrected chi connectivity index (χ1v) is 5.30. The van der Waals surface area contributed by atoms with Crippen LogP contribution in [-0.4, -0.2) is 18.0 Å². The largest absolute Gasteiger partial charge is 0.469 e. The second kappa shape index (κ2) is 5.77. The molecule has 0 aliphatic rings. The Labute approximate surface area is 104 Å². The second-order valence-corrected chi connectivity index (χ2v) is 3.62. The lowest BCUT2D eigenvalue weighted by atomic mass is 9.99. The van der Waals surface area contributed by atoms with Crippen molar-refractivity contribution in [1.82, 2.24) is 0 Å². The maximum atomic E-state index is 11.1. The van der Waals surface area contributed by atoms with Crippen molar-refractivity contribution in [3.05, 3.63) is 38.9 Å². The molecular weight excluding hydrogens is 236 g/mol. The third kappa shape index (κ3) is 2.83. The van der Waals surface area contributed by atoms with Crippen LogP contribution in [-0.2, 0) is 22.4 Å². The second-order valence-electron chi connectivity index (χ2n) is 3.62. The fourth-order valence-corrected chi connectivity index (χ4v) is 1.69. The number of rotatable bonds is 4. The van der Waals surface area contributed by atoms with E-state index in [1.54, 1.807) is 6.92 Å². The van der Waals surface area contributed by atoms with Crippen molar-refractivity contribution in [3.8, 4) is 6.07 Å². The SMILES string of the molecule is CCc1c(C#N)cc(CC(=O)OC)cc1[N+](=O)[O-]. The van der Waals surface area contributed by atoms with E-state index in [2.05, 4.69) is 4.74 Å². The summed E-state index contributed by atoms with van der Waals surface area (Å²) in [7, 11) is 1.24. The Morgan fingerprint density at radius 2 is 2.22 bits per heavy atom. The molecule has 0 aliphatic carbocycles. The molecule has 1 aromatic carbocycles. The van der Waals surface area contributed by atoms with E-state index in [0.29, 0.717) is 17.5 Å². The monoisotopic (exact) mass is 248 g/mol. The van der Waals surface area contributed by atoms with Gasteiger partial charge in [0.1, 0.15) is 0 Å². The molecule has 0 aliphatic heterocycles. The third-order valence-electron chi connectivity index (χ3n) is 2.53. The summed E-state index contributed by atoms with van der Waals surface area (Å²) in [5, 5.41) is 19.9. The van der Waals surface area contributed by atoms with Gasteiger partial charge in [0.2, 0.25) is 0 Å². The average molecular weight is 248 g/mol. The topological polar surface area (TPSA) is 93.2 Å². The van der Waals surface area contributed by atoms with Crippen LogP contribution in [0.4, 0.5) is 5.69 Å². The number of nitriles is 1. The Morgan fingerprint density at radius 1 is 1.56 bits per heavy atom. The van der Waals surface area contributed by atoms with Crippen LogP contribution in [0.1, 0.15) is 23.6 Å². The van der Waals surface area contributed by atoms with E-state index in [9.17, 15) is 14.9 Å². The lowest BCUT2D eigenvalue weighted by Gasteiger charge is -2.06. The summed E-state index contributed by atoms with van der Waals surface area (Å²) in [4.78, 5) is 21.5. The minimum Gasteiger partial charge on any atom is -0.469 e. The predicted molar refractivity (Wildman–Crippen MR) is 62.9 cm³/mol. The van der Waals surface area contributed by atoms with Gasteiger partial charge in [-0.05, 0) is 18.1 Å². The molecule has 0 unspecified atom stereocenters. The van der Waals surface area contributed by atoms with E-state index in [1.807, 2.05) is 6.07 Å². The van der Waals surface area contributed by atoms with Crippen LogP contribution in [0.3, 0.4) is 0 Å². The van der Waals surface area contributed by atoms with Crippen LogP contribution in [0, 0.1) is 21.4 Å². The van der Waals surface area contributed by atoms with Crippen molar-refractivity contribution >= 4 is 11.7 Å². The highest BCUT2D eigenvalue weighted by molar-refractivity contribution is 5.73. The lowest BCUT2D eigenvalue weighted by Crippen LogP contribution is -2.07. The number of benzene rings is 1. The van der Waals surface area contributed by atoms with Gasteiger partial charge in [-0.25, -0.2) is 0 Å². The van der Waals surface area contributed by atoms with Crippen LogP contribution >= 0.6 is 0 Å². The zero-order chi connectivity index (χ0) is 13.7. The van der Waals surface area contributed by atoms with Gasteiger partial charge in [0.05, 0.1) is 30.1 Å². The summed E-state index contributed by atoms with van der Waals surface area (Å²) < 4.78 is 4.49. The van der Waals surface area contributed by atoms with Gasteiger partial charge in [0.25, 0.3) is 5.69 Å². The molecule has 0 amide bonds. The number of ether oxygens (including phenoxy) is 1. The van der Waals surface area contributed by atoms with Crippen LogP contribution in [0.25, 0.3) is 0 Å². The van der Waals surface area contributed by atoms with Gasteiger partial charge in [0, 0.05) is 11.6 Å². The Balaban J connectivity index is 3.33. The van der Waals surface area contributed by atoms with Gasteiger partial charge in [0.15, 0.2) is 0 Å². The van der Waals surface area contributed by atoms with E-state index >= 15 is 0 Å². The number of hydrogen-bond donors (Lipinski definition) is 0. The summed E-state index contributed by atoms with van der Waals surface area (Å²) in [6, 6.07) is 4.72. The van der Waals surface area contributed by atoms with Gasteiger partial charge in [-0.2, -0.15) is 5.26 Å². The lowest BCUT2D eigenvalue weighted by molar-refractivity contribution is -0.385. The highest BCUT2D eigenvalue weighted by atomic mass is 16.6. The molecule has 0 saturated carbocycles. The maximum absolute atomic E-state index is 11.1. The van der Waals surface area contributed by atoms with Gasteiger partial charge >= 0.3 is 5.97 Å². The molecule has 94 valence electrons. The first-order chi connectivity index (χ1) is 8.53. The fourth-order valence-electron chi connectivity index (χ4n) is 1.69. The van der Waals surface area contributed by atoms with Crippen LogP contribution in [0.5, 0.6) is 0 Å². The minimum absolute atomic E-state index is 0.0873. The Bertz CT molecular complexity index is 532. The number of carbonyl (C=O) groups excluding carboxylic acids is 1. The smallest absolute Gasteiger partial charge is 0.309 e. The summed E-state index contributed by atoms with van der Waals surface area (Å²) in [5.41, 5.74) is 0.888. The minimum atomic E-state index is -0.541. The molecule has 0 saturated heterocycles. The molecule has 0 atom stereocenters. The van der Waals surface area contributed by atoms with Crippen molar-refractivity contribution < 1.29 is 14.5 Å². The zero-order valence-electron chi connectivity index (χ0n) is 10.1. The van der Waals surface area contributed by atoms with Crippen LogP contribution < -0.4 is 0 Å². The molecule has 0 radical (unpaired) electrons. The van der Waals surface area contributed by atoms with Gasteiger partial charge in [-0.1, -0.05) is 6.92 Å². The number of nitro groups is 1. The summed E-state index contributed by atoms with van der Waals surface area (Å²) >= 11 is 0. The molecule has 0 bridgehead atoms. The van der Waals surface area contributed by atoms with Gasteiger partial charge in [-0.15, -0.1) is 0 Å². The number of carbonyl (C=O) groups is 1. The number of nitrogens with zero attached hydrogens (tertiary/aromatic N) is 2. The van der Waals surface area contributed by atoms with Crippen molar-refractivity contribution in [2.75, 3.05) is 7.11 Å². The molecule has 0 aromatic heterocycles. The van der Waals surface area contributed by atoms with E-state index in [1.165, 1.54) is 19.2 Å². The highest BCUT2D eigenvalue weighted by Gasteiger charge is 2.19. The summed E-state index contributed by atoms with van der Waals surface area (Å²) in [6.45, 7) is 1.74. The van der Waals surface area contributed by atoms with Crippen LogP contribution in [0.2, 0.25) is 0 Å². The van der Waals surface area contributed by atoms with Crippen molar-refractivity contribution in [2.24, 2.45) is 0 Å². The Kier molecular flexibility index (Phi) is 4.38. The summed E-state index contributed by atoms with van der Waals surface area (Å²) in [5.74, 6) is -0.502. The van der Waals surface area contributed by atoms with E-state index < -0.39 is 10.9 Å². The quantitative estimate of drug-likeness (QED) is 0.459. The molecule has 0 spiro atoms. The first kappa shape index (κ1) is 13.6. The summed E-state index contributed by atoms with van der Waals surface area (Å²) in [6.07, 6.45) is 0.299. The molecule has 18 heavy (non-hydrogen) atoms. The molecule has 1 rings (SSSR count). The number of nitro benzene ring substituents is 1. The Hall–Kier alpha value is -2.42. The molecule has 6 nitrogen and oxygen atoms in total. The normalized spacial score (nSPS) is 9.61. The van der Waals surface area contributed by atoms with E-state index in [-0.39, 0.29) is 17.7 Å². The van der Waals surface area contributed by atoms with Crippen LogP contribution in [0.15, 0.2) is 12.1 Å². The van der Waals surface area contributed by atoms with Gasteiger partial charge in [-0.3, -0.25) is 14.9 Å². The van der Waals surface area contributed by atoms with Crippen molar-refractivity contribution in [3.63, 3.8) is 0 Å². The molecule has 0 heterocycles. The standard InChI is InChI=1S/C12H12N2O4/c1-3-10-9(7-13)4-8(6-12(15)18-2)5-11(10)14(16)17/h4-5H,3,6H2,1-2H3. The van der Waals surface area contributed by atoms with E-state index in [4.69, 9.17) is 5.26 Å². The number of methoxy groups -OCH3 is 1. The zero-order valence-corrected chi connectivity index (χ0v) is 10.1. The first-order valence-electron chi connectivity index (χ1n) is 5.30. The molecular formula is C12H12N2O4. The highest BCUT2D eigenvalue weighted by Crippen LogP contribution is 2.25. The molecule has 0 N–H and O–H groups in total. The average Bonchev–Trinajstić information content (AvgIpc) is 2.37. The van der Waals surface area contributed by atoms with Crippen molar-refractivity contribution in [2.45, 2.75) is 19.8 Å². The third-order valence-corrected chi connectivity index (χ3v) is 2.53. The maximum Gasteiger partial charge on any atom is 0.309 e. The number of esters is 1.